The molecule has 7 heteroatoms. The molecule has 6 nitrogen and oxygen atoms in total. The minimum Gasteiger partial charge on any atom is -0.449 e. The molecule has 1 aliphatic rings. The van der Waals surface area contributed by atoms with Crippen molar-refractivity contribution in [1.29, 1.82) is 0 Å². The van der Waals surface area contributed by atoms with E-state index in [4.69, 9.17) is 4.74 Å². The Morgan fingerprint density at radius 3 is 2.36 bits per heavy atom. The van der Waals surface area contributed by atoms with Gasteiger partial charge in [-0.1, -0.05) is 60.7 Å². The minimum atomic E-state index is -0.969. The number of esters is 1. The first-order valence-electron chi connectivity index (χ1n) is 11.0. The molecule has 0 aliphatic heterocycles. The normalized spacial score (nSPS) is 13.7. The largest absolute Gasteiger partial charge is 0.449 e. The van der Waals surface area contributed by atoms with Gasteiger partial charge in [-0.15, -0.1) is 11.3 Å². The van der Waals surface area contributed by atoms with Crippen molar-refractivity contribution in [2.45, 2.75) is 32.3 Å². The standard InChI is InChI=1S/C26H26N2O4S/c1-17(23(29)27-15-14-18-8-4-2-5-9-18)32-26(31)22-21(19-10-6-3-7-11-19)16-33-25(22)28-24(30)20-12-13-20/h2-11,16-17,20H,12-15H2,1H3,(H,27,29)(H,28,30)/t17-/m0/s1. The Balaban J connectivity index is 1.44. The highest BCUT2D eigenvalue weighted by atomic mass is 32.1. The van der Waals surface area contributed by atoms with Crippen LogP contribution in [0.3, 0.4) is 0 Å². The second-order valence-corrected chi connectivity index (χ2v) is 8.94. The summed E-state index contributed by atoms with van der Waals surface area (Å²) in [6.07, 6.45) is 1.45. The van der Waals surface area contributed by atoms with Crippen molar-refractivity contribution in [3.8, 4) is 11.1 Å². The number of hydrogen-bond donors (Lipinski definition) is 2. The van der Waals surface area contributed by atoms with Gasteiger partial charge in [0.05, 0.1) is 0 Å². The second kappa shape index (κ2) is 10.4. The molecule has 2 N–H and O–H groups in total. The lowest BCUT2D eigenvalue weighted by molar-refractivity contribution is -0.129. The van der Waals surface area contributed by atoms with Gasteiger partial charge in [-0.3, -0.25) is 9.59 Å². The topological polar surface area (TPSA) is 84.5 Å². The molecule has 0 unspecified atom stereocenters. The molecule has 3 aromatic rings. The molecular weight excluding hydrogens is 436 g/mol. The quantitative estimate of drug-likeness (QED) is 0.453. The van der Waals surface area contributed by atoms with Crippen molar-refractivity contribution in [2.24, 2.45) is 5.92 Å². The number of thiophene rings is 1. The average molecular weight is 463 g/mol. The van der Waals surface area contributed by atoms with E-state index < -0.39 is 12.1 Å². The van der Waals surface area contributed by atoms with Crippen molar-refractivity contribution in [3.63, 3.8) is 0 Å². The zero-order valence-electron chi connectivity index (χ0n) is 18.4. The Morgan fingerprint density at radius 1 is 1.03 bits per heavy atom. The van der Waals surface area contributed by atoms with E-state index in [9.17, 15) is 14.4 Å². The Kier molecular flexibility index (Phi) is 7.19. The van der Waals surface area contributed by atoms with E-state index in [0.717, 1.165) is 24.0 Å². The maximum atomic E-state index is 13.2. The molecule has 0 spiro atoms. The molecule has 33 heavy (non-hydrogen) atoms. The number of carbonyl (C=O) groups excluding carboxylic acids is 3. The average Bonchev–Trinajstić information content (AvgIpc) is 3.60. The molecule has 2 amide bonds. The van der Waals surface area contributed by atoms with Crippen LogP contribution in [0.15, 0.2) is 66.0 Å². The third kappa shape index (κ3) is 5.87. The first-order chi connectivity index (χ1) is 16.0. The summed E-state index contributed by atoms with van der Waals surface area (Å²) in [5.41, 5.74) is 2.91. The highest BCUT2D eigenvalue weighted by Crippen LogP contribution is 2.38. The van der Waals surface area contributed by atoms with Gasteiger partial charge in [0.25, 0.3) is 5.91 Å². The number of amides is 2. The van der Waals surface area contributed by atoms with E-state index in [1.54, 1.807) is 6.92 Å². The fraction of sp³-hybridized carbons (Fsp3) is 0.269. The Morgan fingerprint density at radius 2 is 1.70 bits per heavy atom. The molecule has 170 valence electrons. The van der Waals surface area contributed by atoms with Gasteiger partial charge in [0, 0.05) is 23.4 Å². The first-order valence-corrected chi connectivity index (χ1v) is 11.9. The maximum Gasteiger partial charge on any atom is 0.342 e. The van der Waals surface area contributed by atoms with E-state index in [1.165, 1.54) is 11.3 Å². The van der Waals surface area contributed by atoms with Gasteiger partial charge >= 0.3 is 5.97 Å². The molecule has 4 rings (SSSR count). The van der Waals surface area contributed by atoms with Gasteiger partial charge in [0.1, 0.15) is 10.6 Å². The van der Waals surface area contributed by atoms with E-state index in [-0.39, 0.29) is 23.3 Å². The summed E-state index contributed by atoms with van der Waals surface area (Å²) in [6, 6.07) is 19.3. The summed E-state index contributed by atoms with van der Waals surface area (Å²) >= 11 is 1.29. The fourth-order valence-electron chi connectivity index (χ4n) is 3.43. The molecule has 1 aliphatic carbocycles. The van der Waals surface area contributed by atoms with Crippen LogP contribution < -0.4 is 10.6 Å². The van der Waals surface area contributed by atoms with Crippen LogP contribution in [0.2, 0.25) is 0 Å². The molecule has 0 bridgehead atoms. The zero-order valence-corrected chi connectivity index (χ0v) is 19.2. The van der Waals surface area contributed by atoms with Crippen LogP contribution in [-0.2, 0) is 20.7 Å². The number of rotatable bonds is 9. The van der Waals surface area contributed by atoms with Crippen LogP contribution in [0, 0.1) is 5.92 Å². The first kappa shape index (κ1) is 22.7. The van der Waals surface area contributed by atoms with Crippen LogP contribution in [-0.4, -0.2) is 30.4 Å². The van der Waals surface area contributed by atoms with Crippen molar-refractivity contribution in [3.05, 3.63) is 77.2 Å². The number of hydrogen-bond acceptors (Lipinski definition) is 5. The molecule has 1 fully saturated rings. The van der Waals surface area contributed by atoms with Crippen LogP contribution in [0.1, 0.15) is 35.7 Å². The number of carbonyl (C=O) groups is 3. The van der Waals surface area contributed by atoms with E-state index in [0.29, 0.717) is 23.5 Å². The zero-order chi connectivity index (χ0) is 23.2. The minimum absolute atomic E-state index is 0.00506. The molecule has 1 aromatic heterocycles. The predicted octanol–water partition coefficient (Wildman–Crippen LogP) is 4.67. The highest BCUT2D eigenvalue weighted by Gasteiger charge is 2.32. The van der Waals surface area contributed by atoms with Crippen molar-refractivity contribution < 1.29 is 19.1 Å². The summed E-state index contributed by atoms with van der Waals surface area (Å²) in [7, 11) is 0. The van der Waals surface area contributed by atoms with Crippen LogP contribution in [0.4, 0.5) is 5.00 Å². The van der Waals surface area contributed by atoms with Gasteiger partial charge in [-0.05, 0) is 37.3 Å². The lowest BCUT2D eigenvalue weighted by atomic mass is 10.0. The van der Waals surface area contributed by atoms with Gasteiger partial charge < -0.3 is 15.4 Å². The number of benzene rings is 2. The number of ether oxygens (including phenoxy) is 1. The monoisotopic (exact) mass is 462 g/mol. The van der Waals surface area contributed by atoms with Crippen LogP contribution in [0.5, 0.6) is 0 Å². The predicted molar refractivity (Wildman–Crippen MR) is 129 cm³/mol. The fourth-order valence-corrected chi connectivity index (χ4v) is 4.39. The summed E-state index contributed by atoms with van der Waals surface area (Å²) < 4.78 is 5.52. The third-order valence-corrected chi connectivity index (χ3v) is 6.37. The Labute approximate surface area is 197 Å². The van der Waals surface area contributed by atoms with E-state index in [1.807, 2.05) is 66.0 Å². The molecule has 1 atom stereocenters. The summed E-state index contributed by atoms with van der Waals surface area (Å²) in [5.74, 6) is -1.08. The molecule has 2 aromatic carbocycles. The molecule has 0 radical (unpaired) electrons. The molecule has 1 saturated carbocycles. The van der Waals surface area contributed by atoms with Gasteiger partial charge in [0.15, 0.2) is 6.10 Å². The maximum absolute atomic E-state index is 13.2. The van der Waals surface area contributed by atoms with Crippen molar-refractivity contribution >= 4 is 34.1 Å². The number of nitrogens with one attached hydrogen (secondary N) is 2. The van der Waals surface area contributed by atoms with Gasteiger partial charge in [0.2, 0.25) is 5.91 Å². The SMILES string of the molecule is C[C@H](OC(=O)c1c(-c2ccccc2)csc1NC(=O)C1CC1)C(=O)NCCc1ccccc1. The lowest BCUT2D eigenvalue weighted by Gasteiger charge is -2.15. The third-order valence-electron chi connectivity index (χ3n) is 5.47. The van der Waals surface area contributed by atoms with Gasteiger partial charge in [-0.25, -0.2) is 4.79 Å². The summed E-state index contributed by atoms with van der Waals surface area (Å²) in [4.78, 5) is 38.0. The van der Waals surface area contributed by atoms with Crippen molar-refractivity contribution in [2.75, 3.05) is 11.9 Å². The molecular formula is C26H26N2O4S. The lowest BCUT2D eigenvalue weighted by Crippen LogP contribution is -2.37. The second-order valence-electron chi connectivity index (χ2n) is 8.06. The molecule has 0 saturated heterocycles. The smallest absolute Gasteiger partial charge is 0.342 e. The Bertz CT molecular complexity index is 1120. The summed E-state index contributed by atoms with van der Waals surface area (Å²) in [5, 5.41) is 7.97. The van der Waals surface area contributed by atoms with Gasteiger partial charge in [-0.2, -0.15) is 0 Å². The van der Waals surface area contributed by atoms with E-state index in [2.05, 4.69) is 10.6 Å². The molecule has 1 heterocycles. The highest BCUT2D eigenvalue weighted by molar-refractivity contribution is 7.15. The van der Waals surface area contributed by atoms with Crippen LogP contribution in [0.25, 0.3) is 11.1 Å². The summed E-state index contributed by atoms with van der Waals surface area (Å²) in [6.45, 7) is 1.99. The Hall–Kier alpha value is -3.45. The van der Waals surface area contributed by atoms with Crippen molar-refractivity contribution in [1.82, 2.24) is 5.32 Å². The number of anilines is 1. The van der Waals surface area contributed by atoms with Crippen LogP contribution >= 0.6 is 11.3 Å². The van der Waals surface area contributed by atoms with E-state index >= 15 is 0 Å².